The highest BCUT2D eigenvalue weighted by molar-refractivity contribution is 5.79. The fourth-order valence-corrected chi connectivity index (χ4v) is 2.76. The number of methoxy groups -OCH3 is 1. The third-order valence-electron chi connectivity index (χ3n) is 3.98. The number of nitrogens with zero attached hydrogens (tertiary/aromatic N) is 2. The molecular formula is C17H21N3O3. The molecule has 0 bridgehead atoms. The van der Waals surface area contributed by atoms with Crippen molar-refractivity contribution in [1.82, 2.24) is 14.9 Å². The molecule has 2 heterocycles. The summed E-state index contributed by atoms with van der Waals surface area (Å²) in [6, 6.07) is 7.61. The quantitative estimate of drug-likeness (QED) is 0.935. The summed E-state index contributed by atoms with van der Waals surface area (Å²) < 4.78 is 11.1. The lowest BCUT2D eigenvalue weighted by Crippen LogP contribution is -2.43. The van der Waals surface area contributed by atoms with E-state index >= 15 is 0 Å². The number of aromatic nitrogens is 2. The SMILES string of the molecule is COc1ccccc1CC(=O)N1CCO[C@H](c2ncc(C)[nH]2)C1. The topological polar surface area (TPSA) is 67.4 Å². The Bertz CT molecular complexity index is 683. The van der Waals surface area contributed by atoms with E-state index in [-0.39, 0.29) is 12.0 Å². The van der Waals surface area contributed by atoms with Gasteiger partial charge in [-0.1, -0.05) is 18.2 Å². The summed E-state index contributed by atoms with van der Waals surface area (Å²) in [6.45, 7) is 3.58. The van der Waals surface area contributed by atoms with Gasteiger partial charge in [0.15, 0.2) is 0 Å². The van der Waals surface area contributed by atoms with Crippen LogP contribution in [0.4, 0.5) is 0 Å². The number of carbonyl (C=O) groups is 1. The van der Waals surface area contributed by atoms with E-state index in [9.17, 15) is 4.79 Å². The molecule has 1 atom stereocenters. The Morgan fingerprint density at radius 1 is 1.48 bits per heavy atom. The summed E-state index contributed by atoms with van der Waals surface area (Å²) in [4.78, 5) is 21.9. The van der Waals surface area contributed by atoms with E-state index in [4.69, 9.17) is 9.47 Å². The second-order valence-corrected chi connectivity index (χ2v) is 5.64. The maximum absolute atomic E-state index is 12.6. The van der Waals surface area contributed by atoms with E-state index < -0.39 is 0 Å². The van der Waals surface area contributed by atoms with Gasteiger partial charge in [-0.2, -0.15) is 0 Å². The highest BCUT2D eigenvalue weighted by atomic mass is 16.5. The van der Waals surface area contributed by atoms with Crippen molar-refractivity contribution in [3.8, 4) is 5.75 Å². The van der Waals surface area contributed by atoms with Gasteiger partial charge in [0, 0.05) is 24.0 Å². The van der Waals surface area contributed by atoms with Gasteiger partial charge in [-0.25, -0.2) is 4.98 Å². The summed E-state index contributed by atoms with van der Waals surface area (Å²) in [5.41, 5.74) is 1.89. The first-order chi connectivity index (χ1) is 11.2. The standard InChI is InChI=1S/C17H21N3O3/c1-12-10-18-17(19-12)15-11-20(7-8-23-15)16(21)9-13-5-3-4-6-14(13)22-2/h3-6,10,15H,7-9,11H2,1-2H3,(H,18,19)/t15-/m0/s1. The second-order valence-electron chi connectivity index (χ2n) is 5.64. The first-order valence-corrected chi connectivity index (χ1v) is 7.70. The molecule has 1 N–H and O–H groups in total. The highest BCUT2D eigenvalue weighted by Crippen LogP contribution is 2.22. The van der Waals surface area contributed by atoms with Crippen molar-refractivity contribution in [2.45, 2.75) is 19.4 Å². The van der Waals surface area contributed by atoms with Crippen molar-refractivity contribution in [2.24, 2.45) is 0 Å². The maximum atomic E-state index is 12.6. The summed E-state index contributed by atoms with van der Waals surface area (Å²) in [6.07, 6.45) is 1.90. The molecular weight excluding hydrogens is 294 g/mol. The van der Waals surface area contributed by atoms with Gasteiger partial charge < -0.3 is 19.4 Å². The van der Waals surface area contributed by atoms with Crippen LogP contribution in [0.5, 0.6) is 5.75 Å². The second kappa shape index (κ2) is 6.83. The lowest BCUT2D eigenvalue weighted by molar-refractivity contribution is -0.138. The minimum Gasteiger partial charge on any atom is -0.496 e. The lowest BCUT2D eigenvalue weighted by Gasteiger charge is -2.32. The number of aryl methyl sites for hydroxylation is 1. The van der Waals surface area contributed by atoms with Crippen LogP contribution >= 0.6 is 0 Å². The Kier molecular flexibility index (Phi) is 4.62. The summed E-state index contributed by atoms with van der Waals surface area (Å²) in [5.74, 6) is 1.59. The summed E-state index contributed by atoms with van der Waals surface area (Å²) in [7, 11) is 1.62. The molecule has 1 saturated heterocycles. The van der Waals surface area contributed by atoms with Gasteiger partial charge >= 0.3 is 0 Å². The van der Waals surface area contributed by atoms with Crippen LogP contribution in [0, 0.1) is 6.92 Å². The number of morpholine rings is 1. The number of para-hydroxylation sites is 1. The molecule has 1 fully saturated rings. The Morgan fingerprint density at radius 2 is 2.30 bits per heavy atom. The number of ether oxygens (including phenoxy) is 2. The van der Waals surface area contributed by atoms with Gasteiger partial charge in [-0.05, 0) is 13.0 Å². The average Bonchev–Trinajstić information content (AvgIpc) is 3.02. The molecule has 6 nitrogen and oxygen atoms in total. The zero-order chi connectivity index (χ0) is 16.2. The average molecular weight is 315 g/mol. The molecule has 2 aromatic rings. The minimum atomic E-state index is -0.195. The van der Waals surface area contributed by atoms with Crippen molar-refractivity contribution in [3.05, 3.63) is 47.5 Å². The highest BCUT2D eigenvalue weighted by Gasteiger charge is 2.27. The van der Waals surface area contributed by atoms with Gasteiger partial charge in [-0.3, -0.25) is 4.79 Å². The van der Waals surface area contributed by atoms with E-state index in [0.29, 0.717) is 26.1 Å². The van der Waals surface area contributed by atoms with Crippen LogP contribution in [0.2, 0.25) is 0 Å². The van der Waals surface area contributed by atoms with Gasteiger partial charge in [0.05, 0.1) is 26.7 Å². The van der Waals surface area contributed by atoms with Crippen LogP contribution in [0.25, 0.3) is 0 Å². The van der Waals surface area contributed by atoms with Crippen LogP contribution in [-0.2, 0) is 16.0 Å². The Morgan fingerprint density at radius 3 is 3.04 bits per heavy atom. The third kappa shape index (κ3) is 3.53. The maximum Gasteiger partial charge on any atom is 0.227 e. The van der Waals surface area contributed by atoms with Crippen LogP contribution in [-0.4, -0.2) is 47.6 Å². The summed E-state index contributed by atoms with van der Waals surface area (Å²) >= 11 is 0. The number of benzene rings is 1. The first kappa shape index (κ1) is 15.6. The van der Waals surface area contributed by atoms with Crippen LogP contribution in [0.3, 0.4) is 0 Å². The molecule has 6 heteroatoms. The van der Waals surface area contributed by atoms with Gasteiger partial charge in [-0.15, -0.1) is 0 Å². The molecule has 0 aliphatic carbocycles. The van der Waals surface area contributed by atoms with Gasteiger partial charge in [0.2, 0.25) is 5.91 Å². The third-order valence-corrected chi connectivity index (χ3v) is 3.98. The number of rotatable bonds is 4. The van der Waals surface area contributed by atoms with E-state index in [0.717, 1.165) is 22.8 Å². The smallest absolute Gasteiger partial charge is 0.227 e. The molecule has 0 saturated carbocycles. The Balaban J connectivity index is 1.67. The molecule has 3 rings (SSSR count). The fraction of sp³-hybridized carbons (Fsp3) is 0.412. The number of carbonyl (C=O) groups excluding carboxylic acids is 1. The van der Waals surface area contributed by atoms with Gasteiger partial charge in [0.25, 0.3) is 0 Å². The lowest BCUT2D eigenvalue weighted by atomic mass is 10.1. The molecule has 0 radical (unpaired) electrons. The van der Waals surface area contributed by atoms with Crippen molar-refractivity contribution >= 4 is 5.91 Å². The minimum absolute atomic E-state index is 0.0751. The van der Waals surface area contributed by atoms with Gasteiger partial charge in [0.1, 0.15) is 17.7 Å². The van der Waals surface area contributed by atoms with E-state index in [2.05, 4.69) is 9.97 Å². The zero-order valence-corrected chi connectivity index (χ0v) is 13.4. The monoisotopic (exact) mass is 315 g/mol. The van der Waals surface area contributed by atoms with Crippen molar-refractivity contribution in [2.75, 3.05) is 26.8 Å². The number of H-pyrrole nitrogens is 1. The number of hydrogen-bond donors (Lipinski definition) is 1. The number of imidazole rings is 1. The van der Waals surface area contributed by atoms with E-state index in [1.54, 1.807) is 13.3 Å². The normalized spacial score (nSPS) is 18.0. The molecule has 1 aromatic carbocycles. The predicted molar refractivity (Wildman–Crippen MR) is 85.3 cm³/mol. The Hall–Kier alpha value is -2.34. The molecule has 1 aromatic heterocycles. The molecule has 1 aliphatic rings. The molecule has 122 valence electrons. The molecule has 1 aliphatic heterocycles. The van der Waals surface area contributed by atoms with Crippen LogP contribution < -0.4 is 4.74 Å². The van der Waals surface area contributed by atoms with Crippen molar-refractivity contribution in [1.29, 1.82) is 0 Å². The summed E-state index contributed by atoms with van der Waals surface area (Å²) in [5, 5.41) is 0. The van der Waals surface area contributed by atoms with Crippen LogP contribution in [0.1, 0.15) is 23.2 Å². The zero-order valence-electron chi connectivity index (χ0n) is 13.4. The number of amides is 1. The van der Waals surface area contributed by atoms with E-state index in [1.165, 1.54) is 0 Å². The largest absolute Gasteiger partial charge is 0.496 e. The molecule has 0 unspecified atom stereocenters. The fourth-order valence-electron chi connectivity index (χ4n) is 2.76. The number of hydrogen-bond acceptors (Lipinski definition) is 4. The molecule has 1 amide bonds. The molecule has 0 spiro atoms. The van der Waals surface area contributed by atoms with Crippen molar-refractivity contribution in [3.63, 3.8) is 0 Å². The Labute approximate surface area is 135 Å². The first-order valence-electron chi connectivity index (χ1n) is 7.70. The molecule has 23 heavy (non-hydrogen) atoms. The van der Waals surface area contributed by atoms with E-state index in [1.807, 2.05) is 36.1 Å². The van der Waals surface area contributed by atoms with Crippen LogP contribution in [0.15, 0.2) is 30.5 Å². The predicted octanol–water partition coefficient (Wildman–Crippen LogP) is 1.87. The van der Waals surface area contributed by atoms with Crippen molar-refractivity contribution < 1.29 is 14.3 Å². The number of aromatic amines is 1. The number of nitrogens with one attached hydrogen (secondary N) is 1.